The molecule has 2 aromatic carbocycles. The van der Waals surface area contributed by atoms with Crippen LogP contribution in [0.15, 0.2) is 48.0 Å². The maximum absolute atomic E-state index is 12.8. The van der Waals surface area contributed by atoms with E-state index in [1.54, 1.807) is 12.1 Å². The van der Waals surface area contributed by atoms with Crippen molar-refractivity contribution in [2.24, 2.45) is 0 Å². The second-order valence-electron chi connectivity index (χ2n) is 5.34. The fraction of sp³-hybridized carbons (Fsp3) is 0.0556. The number of ether oxygens (including phenoxy) is 1. The number of imide groups is 2. The van der Waals surface area contributed by atoms with Crippen molar-refractivity contribution in [1.82, 2.24) is 5.32 Å². The smallest absolute Gasteiger partial charge is 0.335 e. The van der Waals surface area contributed by atoms with Gasteiger partial charge in [0.1, 0.15) is 5.57 Å². The molecular weight excluding hydrogens is 360 g/mol. The number of benzene rings is 2. The van der Waals surface area contributed by atoms with Gasteiger partial charge >= 0.3 is 6.03 Å². The molecule has 0 unspecified atom stereocenters. The number of methoxy groups -OCH3 is 1. The maximum atomic E-state index is 12.8. The average Bonchev–Trinajstić information content (AvgIpc) is 2.61. The summed E-state index contributed by atoms with van der Waals surface area (Å²) in [5.41, 5.74) is 0.349. The number of rotatable bonds is 3. The number of aromatic hydroxyl groups is 1. The molecule has 0 bridgehead atoms. The molecule has 0 radical (unpaired) electrons. The predicted octanol–water partition coefficient (Wildman–Crippen LogP) is 2.72. The fourth-order valence-corrected chi connectivity index (χ4v) is 2.68. The Labute approximate surface area is 153 Å². The highest BCUT2D eigenvalue weighted by atomic mass is 35.5. The van der Waals surface area contributed by atoms with Gasteiger partial charge in [0.15, 0.2) is 11.5 Å². The summed E-state index contributed by atoms with van der Waals surface area (Å²) in [6, 6.07) is 9.75. The molecule has 26 heavy (non-hydrogen) atoms. The zero-order valence-corrected chi connectivity index (χ0v) is 14.3. The molecule has 0 saturated carbocycles. The SMILES string of the molecule is COc1cc(/C=C2/C(=O)NC(=O)N(c3ccccc3Cl)C2=O)ccc1O. The molecule has 1 aliphatic heterocycles. The molecule has 0 spiro atoms. The Kier molecular flexibility index (Phi) is 4.64. The van der Waals surface area contributed by atoms with Crippen LogP contribution >= 0.6 is 11.6 Å². The number of anilines is 1. The molecule has 1 fully saturated rings. The van der Waals surface area contributed by atoms with Gasteiger partial charge in [-0.05, 0) is 35.9 Å². The van der Waals surface area contributed by atoms with Gasteiger partial charge in [-0.2, -0.15) is 0 Å². The second-order valence-corrected chi connectivity index (χ2v) is 5.75. The Morgan fingerprint density at radius 3 is 2.58 bits per heavy atom. The Morgan fingerprint density at radius 2 is 1.88 bits per heavy atom. The van der Waals surface area contributed by atoms with Gasteiger partial charge in [0.2, 0.25) is 0 Å². The number of nitrogens with one attached hydrogen (secondary N) is 1. The number of nitrogens with zero attached hydrogens (tertiary/aromatic N) is 1. The van der Waals surface area contributed by atoms with Crippen molar-refractivity contribution in [3.05, 3.63) is 58.6 Å². The van der Waals surface area contributed by atoms with Crippen LogP contribution in [0.5, 0.6) is 11.5 Å². The third-order valence-corrected chi connectivity index (χ3v) is 4.03. The van der Waals surface area contributed by atoms with E-state index in [2.05, 4.69) is 5.32 Å². The Balaban J connectivity index is 2.04. The van der Waals surface area contributed by atoms with Gasteiger partial charge in [-0.15, -0.1) is 0 Å². The highest BCUT2D eigenvalue weighted by Crippen LogP contribution is 2.30. The van der Waals surface area contributed by atoms with E-state index < -0.39 is 17.8 Å². The molecule has 132 valence electrons. The van der Waals surface area contributed by atoms with E-state index in [0.29, 0.717) is 5.56 Å². The van der Waals surface area contributed by atoms with Crippen LogP contribution in [0.1, 0.15) is 5.56 Å². The fourth-order valence-electron chi connectivity index (χ4n) is 2.46. The van der Waals surface area contributed by atoms with Crippen LogP contribution in [0.3, 0.4) is 0 Å². The molecule has 3 rings (SSSR count). The van der Waals surface area contributed by atoms with Crippen molar-refractivity contribution >= 4 is 41.2 Å². The summed E-state index contributed by atoms with van der Waals surface area (Å²) >= 11 is 6.07. The summed E-state index contributed by atoms with van der Waals surface area (Å²) in [4.78, 5) is 37.8. The quantitative estimate of drug-likeness (QED) is 0.638. The third-order valence-electron chi connectivity index (χ3n) is 3.71. The van der Waals surface area contributed by atoms with Crippen molar-refractivity contribution in [2.75, 3.05) is 12.0 Å². The molecule has 0 aliphatic carbocycles. The minimum atomic E-state index is -0.881. The first kappa shape index (κ1) is 17.5. The molecule has 1 heterocycles. The van der Waals surface area contributed by atoms with E-state index in [4.69, 9.17) is 16.3 Å². The van der Waals surface area contributed by atoms with Crippen molar-refractivity contribution in [3.63, 3.8) is 0 Å². The van der Waals surface area contributed by atoms with Crippen LogP contribution in [-0.4, -0.2) is 30.1 Å². The standard InChI is InChI=1S/C18H13ClN2O5/c1-26-15-9-10(6-7-14(15)22)8-11-16(23)20-18(25)21(17(11)24)13-5-3-2-4-12(13)19/h2-9,22H,1H3,(H,20,23,25)/b11-8-. The average molecular weight is 373 g/mol. The van der Waals surface area contributed by atoms with Gasteiger partial charge in [-0.25, -0.2) is 9.69 Å². The first-order valence-electron chi connectivity index (χ1n) is 7.45. The molecule has 2 aromatic rings. The van der Waals surface area contributed by atoms with E-state index in [1.165, 1.54) is 43.5 Å². The number of para-hydroxylation sites is 1. The largest absolute Gasteiger partial charge is 0.504 e. The molecule has 2 N–H and O–H groups in total. The number of hydrogen-bond donors (Lipinski definition) is 2. The monoisotopic (exact) mass is 372 g/mol. The normalized spacial score (nSPS) is 16.0. The van der Waals surface area contributed by atoms with E-state index in [1.807, 2.05) is 0 Å². The van der Waals surface area contributed by atoms with Crippen molar-refractivity contribution in [1.29, 1.82) is 0 Å². The zero-order chi connectivity index (χ0) is 18.8. The number of halogens is 1. The first-order chi connectivity index (χ1) is 12.4. The summed E-state index contributed by atoms with van der Waals surface area (Å²) in [7, 11) is 1.38. The van der Waals surface area contributed by atoms with Crippen LogP contribution in [0.25, 0.3) is 6.08 Å². The Morgan fingerprint density at radius 1 is 1.15 bits per heavy atom. The first-order valence-corrected chi connectivity index (χ1v) is 7.83. The molecule has 0 aromatic heterocycles. The van der Waals surface area contributed by atoms with Crippen molar-refractivity contribution in [2.45, 2.75) is 0 Å². The maximum Gasteiger partial charge on any atom is 0.335 e. The number of urea groups is 1. The van der Waals surface area contributed by atoms with Gasteiger partial charge < -0.3 is 9.84 Å². The van der Waals surface area contributed by atoms with Gasteiger partial charge in [0.25, 0.3) is 11.8 Å². The minimum absolute atomic E-state index is 0.0815. The minimum Gasteiger partial charge on any atom is -0.504 e. The lowest BCUT2D eigenvalue weighted by atomic mass is 10.1. The summed E-state index contributed by atoms with van der Waals surface area (Å²) in [5, 5.41) is 11.9. The number of amides is 4. The number of barbiturate groups is 1. The highest BCUT2D eigenvalue weighted by Gasteiger charge is 2.37. The predicted molar refractivity (Wildman–Crippen MR) is 95.1 cm³/mol. The lowest BCUT2D eigenvalue weighted by molar-refractivity contribution is -0.122. The van der Waals surface area contributed by atoms with E-state index in [0.717, 1.165) is 4.90 Å². The summed E-state index contributed by atoms with van der Waals surface area (Å²) in [6.45, 7) is 0. The van der Waals surface area contributed by atoms with E-state index in [-0.39, 0.29) is 27.8 Å². The van der Waals surface area contributed by atoms with Crippen LogP contribution in [0, 0.1) is 0 Å². The number of phenolic OH excluding ortho intramolecular Hbond substituents is 1. The number of carbonyl (C=O) groups excluding carboxylic acids is 3. The van der Waals surface area contributed by atoms with Gasteiger partial charge in [0.05, 0.1) is 17.8 Å². The summed E-state index contributed by atoms with van der Waals surface area (Å²) < 4.78 is 5.00. The highest BCUT2D eigenvalue weighted by molar-refractivity contribution is 6.42. The lowest BCUT2D eigenvalue weighted by Crippen LogP contribution is -2.54. The zero-order valence-electron chi connectivity index (χ0n) is 13.5. The molecule has 0 atom stereocenters. The third kappa shape index (κ3) is 3.12. The molecule has 1 saturated heterocycles. The van der Waals surface area contributed by atoms with E-state index in [9.17, 15) is 19.5 Å². The van der Waals surface area contributed by atoms with Crippen molar-refractivity contribution in [3.8, 4) is 11.5 Å². The molecule has 1 aliphatic rings. The molecule has 8 heteroatoms. The number of phenols is 1. The lowest BCUT2D eigenvalue weighted by Gasteiger charge is -2.27. The second kappa shape index (κ2) is 6.89. The van der Waals surface area contributed by atoms with Crippen LogP contribution in [0.4, 0.5) is 10.5 Å². The van der Waals surface area contributed by atoms with Gasteiger partial charge in [-0.1, -0.05) is 29.8 Å². The number of hydrogen-bond acceptors (Lipinski definition) is 5. The summed E-state index contributed by atoms with van der Waals surface area (Å²) in [6.07, 6.45) is 1.30. The van der Waals surface area contributed by atoms with Crippen molar-refractivity contribution < 1.29 is 24.2 Å². The van der Waals surface area contributed by atoms with Crippen LogP contribution in [-0.2, 0) is 9.59 Å². The Bertz CT molecular complexity index is 954. The number of carbonyl (C=O) groups is 3. The molecule has 7 nitrogen and oxygen atoms in total. The molecule has 4 amide bonds. The van der Waals surface area contributed by atoms with Crippen LogP contribution < -0.4 is 15.0 Å². The Hall–Kier alpha value is -3.32. The van der Waals surface area contributed by atoms with Gasteiger partial charge in [-0.3, -0.25) is 14.9 Å². The topological polar surface area (TPSA) is 95.9 Å². The van der Waals surface area contributed by atoms with E-state index >= 15 is 0 Å². The molecular formula is C18H13ClN2O5. The summed E-state index contributed by atoms with van der Waals surface area (Å²) in [5.74, 6) is -1.53. The van der Waals surface area contributed by atoms with Gasteiger partial charge in [0, 0.05) is 0 Å². The van der Waals surface area contributed by atoms with Crippen LogP contribution in [0.2, 0.25) is 5.02 Å².